The minimum atomic E-state index is -0.465. The first-order chi connectivity index (χ1) is 16.2. The molecule has 1 fully saturated rings. The van der Waals surface area contributed by atoms with Crippen molar-refractivity contribution < 1.29 is 19.0 Å². The minimum absolute atomic E-state index is 0.0574. The Morgan fingerprint density at radius 1 is 0.970 bits per heavy atom. The van der Waals surface area contributed by atoms with E-state index in [9.17, 15) is 4.79 Å². The zero-order chi connectivity index (χ0) is 22.6. The Morgan fingerprint density at radius 3 is 2.45 bits per heavy atom. The van der Waals surface area contributed by atoms with Gasteiger partial charge in [0.15, 0.2) is 11.5 Å². The van der Waals surface area contributed by atoms with E-state index in [0.717, 1.165) is 35.5 Å². The minimum Gasteiger partial charge on any atom is -0.497 e. The lowest BCUT2D eigenvalue weighted by Gasteiger charge is -2.26. The summed E-state index contributed by atoms with van der Waals surface area (Å²) in [6, 6.07) is 23.4. The fourth-order valence-corrected chi connectivity index (χ4v) is 4.24. The Hall–Kier alpha value is -3.51. The van der Waals surface area contributed by atoms with Crippen LogP contribution in [0.1, 0.15) is 41.6 Å². The van der Waals surface area contributed by atoms with Crippen LogP contribution in [-0.2, 0) is 11.3 Å². The van der Waals surface area contributed by atoms with Gasteiger partial charge in [-0.1, -0.05) is 48.5 Å². The molecule has 0 aromatic heterocycles. The number of ether oxygens (including phenoxy) is 3. The van der Waals surface area contributed by atoms with E-state index in [0.29, 0.717) is 18.2 Å². The lowest BCUT2D eigenvalue weighted by molar-refractivity contribution is -0.123. The maximum absolute atomic E-state index is 13.4. The van der Waals surface area contributed by atoms with Gasteiger partial charge in [0.05, 0.1) is 7.11 Å². The summed E-state index contributed by atoms with van der Waals surface area (Å²) in [7, 11) is 1.67. The molecule has 6 heteroatoms. The SMILES string of the molecule is COc1ccc(C(NC(C(=O)NCc2ccc3c(c2)OCO3)c2ccccc2)C2CC2)cc1. The highest BCUT2D eigenvalue weighted by Gasteiger charge is 2.35. The molecule has 2 atom stereocenters. The molecule has 0 spiro atoms. The van der Waals surface area contributed by atoms with Crippen molar-refractivity contribution in [2.45, 2.75) is 31.5 Å². The molecule has 1 aliphatic carbocycles. The zero-order valence-electron chi connectivity index (χ0n) is 18.6. The normalized spacial score (nSPS) is 16.2. The number of carbonyl (C=O) groups is 1. The number of carbonyl (C=O) groups excluding carboxylic acids is 1. The maximum atomic E-state index is 13.4. The predicted molar refractivity (Wildman–Crippen MR) is 125 cm³/mol. The molecule has 2 N–H and O–H groups in total. The van der Waals surface area contributed by atoms with Gasteiger partial charge in [0.1, 0.15) is 11.8 Å². The molecule has 1 amide bonds. The van der Waals surface area contributed by atoms with Crippen LogP contribution in [0, 0.1) is 5.92 Å². The number of methoxy groups -OCH3 is 1. The second-order valence-electron chi connectivity index (χ2n) is 8.50. The van der Waals surface area contributed by atoms with Crippen molar-refractivity contribution in [2.75, 3.05) is 13.9 Å². The molecule has 3 aromatic carbocycles. The molecular formula is C27H28N2O4. The van der Waals surface area contributed by atoms with Crippen molar-refractivity contribution in [1.82, 2.24) is 10.6 Å². The fourth-order valence-electron chi connectivity index (χ4n) is 4.24. The van der Waals surface area contributed by atoms with E-state index in [4.69, 9.17) is 14.2 Å². The Morgan fingerprint density at radius 2 is 1.73 bits per heavy atom. The number of hydrogen-bond donors (Lipinski definition) is 2. The van der Waals surface area contributed by atoms with Gasteiger partial charge in [-0.15, -0.1) is 0 Å². The molecule has 2 aliphatic rings. The highest BCUT2D eigenvalue weighted by atomic mass is 16.7. The van der Waals surface area contributed by atoms with Crippen molar-refractivity contribution in [1.29, 1.82) is 0 Å². The summed E-state index contributed by atoms with van der Waals surface area (Å²) in [5.41, 5.74) is 3.08. The van der Waals surface area contributed by atoms with Crippen molar-refractivity contribution in [2.24, 2.45) is 5.92 Å². The molecular weight excluding hydrogens is 416 g/mol. The summed E-state index contributed by atoms with van der Waals surface area (Å²) in [5.74, 6) is 2.74. The van der Waals surface area contributed by atoms with E-state index in [1.54, 1.807) is 7.11 Å². The summed E-state index contributed by atoms with van der Waals surface area (Å²) in [5, 5.41) is 6.77. The molecule has 170 valence electrons. The van der Waals surface area contributed by atoms with Crippen LogP contribution in [-0.4, -0.2) is 19.8 Å². The van der Waals surface area contributed by atoms with Crippen molar-refractivity contribution in [3.8, 4) is 17.2 Å². The quantitative estimate of drug-likeness (QED) is 0.508. The van der Waals surface area contributed by atoms with Gasteiger partial charge in [-0.2, -0.15) is 0 Å². The van der Waals surface area contributed by atoms with E-state index in [2.05, 4.69) is 22.8 Å². The third kappa shape index (κ3) is 4.96. The molecule has 1 heterocycles. The number of benzene rings is 3. The van der Waals surface area contributed by atoms with Gasteiger partial charge in [-0.3, -0.25) is 10.1 Å². The second kappa shape index (κ2) is 9.55. The van der Waals surface area contributed by atoms with Crippen LogP contribution in [0.3, 0.4) is 0 Å². The van der Waals surface area contributed by atoms with Gasteiger partial charge in [0, 0.05) is 12.6 Å². The summed E-state index contributed by atoms with van der Waals surface area (Å²) in [4.78, 5) is 13.4. The Balaban J connectivity index is 1.34. The largest absolute Gasteiger partial charge is 0.497 e. The molecule has 33 heavy (non-hydrogen) atoms. The van der Waals surface area contributed by atoms with Crippen LogP contribution < -0.4 is 24.8 Å². The third-order valence-corrected chi connectivity index (χ3v) is 6.21. The van der Waals surface area contributed by atoms with E-state index >= 15 is 0 Å². The molecule has 0 saturated heterocycles. The number of amides is 1. The van der Waals surface area contributed by atoms with Gasteiger partial charge >= 0.3 is 0 Å². The predicted octanol–water partition coefficient (Wildman–Crippen LogP) is 4.52. The number of fused-ring (bicyclic) bond motifs is 1. The Bertz CT molecular complexity index is 1100. The van der Waals surface area contributed by atoms with Crippen LogP contribution in [0.2, 0.25) is 0 Å². The van der Waals surface area contributed by atoms with Gasteiger partial charge < -0.3 is 19.5 Å². The topological polar surface area (TPSA) is 68.8 Å². The maximum Gasteiger partial charge on any atom is 0.242 e. The third-order valence-electron chi connectivity index (χ3n) is 6.21. The smallest absolute Gasteiger partial charge is 0.242 e. The molecule has 1 aliphatic heterocycles. The molecule has 5 rings (SSSR count). The summed E-state index contributed by atoms with van der Waals surface area (Å²) >= 11 is 0. The zero-order valence-corrected chi connectivity index (χ0v) is 18.6. The molecule has 0 bridgehead atoms. The van der Waals surface area contributed by atoms with E-state index in [-0.39, 0.29) is 18.7 Å². The first-order valence-electron chi connectivity index (χ1n) is 11.3. The number of rotatable bonds is 9. The average molecular weight is 445 g/mol. The van der Waals surface area contributed by atoms with Gasteiger partial charge in [-0.05, 0) is 59.7 Å². The van der Waals surface area contributed by atoms with E-state index in [1.807, 2.05) is 60.7 Å². The van der Waals surface area contributed by atoms with Crippen LogP contribution in [0.25, 0.3) is 0 Å². The summed E-state index contributed by atoms with van der Waals surface area (Å²) < 4.78 is 16.1. The monoisotopic (exact) mass is 444 g/mol. The average Bonchev–Trinajstić information content (AvgIpc) is 3.60. The van der Waals surface area contributed by atoms with Gasteiger partial charge in [0.25, 0.3) is 0 Å². The van der Waals surface area contributed by atoms with Gasteiger partial charge in [-0.25, -0.2) is 0 Å². The lowest BCUT2D eigenvalue weighted by atomic mass is 9.98. The highest BCUT2D eigenvalue weighted by Crippen LogP contribution is 2.42. The molecule has 1 saturated carbocycles. The first kappa shape index (κ1) is 21.3. The fraction of sp³-hybridized carbons (Fsp3) is 0.296. The standard InChI is InChI=1S/C27H28N2O4/c1-31-22-12-10-21(11-13-22)25(20-8-9-20)29-26(19-5-3-2-4-6-19)27(30)28-16-18-7-14-23-24(15-18)33-17-32-23/h2-7,10-15,20,25-26,29H,8-9,16-17H2,1H3,(H,28,30). The Labute approximate surface area is 193 Å². The first-order valence-corrected chi connectivity index (χ1v) is 11.3. The highest BCUT2D eigenvalue weighted by molar-refractivity contribution is 5.83. The number of hydrogen-bond acceptors (Lipinski definition) is 5. The van der Waals surface area contributed by atoms with E-state index < -0.39 is 6.04 Å². The molecule has 0 radical (unpaired) electrons. The van der Waals surface area contributed by atoms with Crippen LogP contribution >= 0.6 is 0 Å². The van der Waals surface area contributed by atoms with Gasteiger partial charge in [0.2, 0.25) is 12.7 Å². The lowest BCUT2D eigenvalue weighted by Crippen LogP contribution is -2.39. The van der Waals surface area contributed by atoms with Crippen LogP contribution in [0.15, 0.2) is 72.8 Å². The summed E-state index contributed by atoms with van der Waals surface area (Å²) in [6.07, 6.45) is 2.31. The Kier molecular flexibility index (Phi) is 6.17. The van der Waals surface area contributed by atoms with Crippen molar-refractivity contribution >= 4 is 5.91 Å². The van der Waals surface area contributed by atoms with Crippen LogP contribution in [0.5, 0.6) is 17.2 Å². The van der Waals surface area contributed by atoms with E-state index in [1.165, 1.54) is 5.56 Å². The number of nitrogens with one attached hydrogen (secondary N) is 2. The summed E-state index contributed by atoms with van der Waals surface area (Å²) in [6.45, 7) is 0.649. The van der Waals surface area contributed by atoms with Crippen LogP contribution in [0.4, 0.5) is 0 Å². The molecule has 3 aromatic rings. The van der Waals surface area contributed by atoms with Crippen molar-refractivity contribution in [3.63, 3.8) is 0 Å². The molecule has 6 nitrogen and oxygen atoms in total. The second-order valence-corrected chi connectivity index (χ2v) is 8.50. The molecule has 2 unspecified atom stereocenters. The van der Waals surface area contributed by atoms with Crippen molar-refractivity contribution in [3.05, 3.63) is 89.5 Å².